The molecule has 0 aliphatic heterocycles. The third-order valence-electron chi connectivity index (χ3n) is 7.58. The zero-order chi connectivity index (χ0) is 34.4. The van der Waals surface area contributed by atoms with E-state index in [1.54, 1.807) is 86.6 Å². The fraction of sp³-hybridized carbons (Fsp3) is 0.158. The van der Waals surface area contributed by atoms with E-state index in [1.807, 2.05) is 13.8 Å². The number of nitrogens with zero attached hydrogens (tertiary/aromatic N) is 2. The molecule has 0 aliphatic carbocycles. The van der Waals surface area contributed by atoms with Gasteiger partial charge in [0.25, 0.3) is 0 Å². The summed E-state index contributed by atoms with van der Waals surface area (Å²) in [6, 6.07) is 24.2. The van der Waals surface area contributed by atoms with Gasteiger partial charge in [-0.1, -0.05) is 72.4 Å². The summed E-state index contributed by atoms with van der Waals surface area (Å²) in [7, 11) is 0. The highest BCUT2D eigenvalue weighted by atomic mass is 35.5. The lowest BCUT2D eigenvalue weighted by Gasteiger charge is -2.14. The number of nitriles is 2. The van der Waals surface area contributed by atoms with E-state index in [-0.39, 0.29) is 20.1 Å². The van der Waals surface area contributed by atoms with Crippen LogP contribution in [0.2, 0.25) is 0 Å². The summed E-state index contributed by atoms with van der Waals surface area (Å²) in [5.41, 5.74) is 5.81. The van der Waals surface area contributed by atoms with Crippen molar-refractivity contribution in [2.24, 2.45) is 0 Å². The lowest BCUT2D eigenvalue weighted by molar-refractivity contribution is 0.103. The van der Waals surface area contributed by atoms with Gasteiger partial charge in [0.1, 0.15) is 21.6 Å². The monoisotopic (exact) mass is 700 g/mol. The molecule has 0 fully saturated rings. The molecule has 4 rings (SSSR count). The maximum atomic E-state index is 13.3. The Morgan fingerprint density at radius 2 is 1.00 bits per heavy atom. The number of ketones is 2. The van der Waals surface area contributed by atoms with Gasteiger partial charge < -0.3 is 4.74 Å². The van der Waals surface area contributed by atoms with E-state index in [2.05, 4.69) is 12.1 Å². The van der Waals surface area contributed by atoms with Gasteiger partial charge in [0.05, 0.1) is 33.3 Å². The Morgan fingerprint density at radius 3 is 1.32 bits per heavy atom. The van der Waals surface area contributed by atoms with Crippen molar-refractivity contribution in [3.05, 3.63) is 138 Å². The van der Waals surface area contributed by atoms with Crippen molar-refractivity contribution >= 4 is 68.0 Å². The Morgan fingerprint density at radius 1 is 0.617 bits per heavy atom. The highest BCUT2D eigenvalue weighted by molar-refractivity contribution is 6.61. The summed E-state index contributed by atoms with van der Waals surface area (Å²) in [5.74, 6) is 0.105. The number of hydrogen-bond donors (Lipinski definition) is 0. The minimum Gasteiger partial charge on any atom is -0.457 e. The molecule has 0 saturated heterocycles. The Kier molecular flexibility index (Phi) is 11.7. The molecule has 5 nitrogen and oxygen atoms in total. The molecule has 0 saturated carbocycles. The van der Waals surface area contributed by atoms with Crippen molar-refractivity contribution in [2.75, 3.05) is 0 Å². The van der Waals surface area contributed by atoms with Crippen LogP contribution in [0.25, 0.3) is 10.1 Å². The zero-order valence-corrected chi connectivity index (χ0v) is 29.0. The molecule has 0 amide bonds. The number of aryl methyl sites for hydroxylation is 4. The second kappa shape index (κ2) is 15.5. The summed E-state index contributed by atoms with van der Waals surface area (Å²) in [6.07, 6.45) is 1.21. The van der Waals surface area contributed by atoms with Gasteiger partial charge in [-0.25, -0.2) is 0 Å². The van der Waals surface area contributed by atoms with Crippen molar-refractivity contribution in [1.29, 1.82) is 10.5 Å². The molecule has 0 heterocycles. The minimum absolute atomic E-state index is 0.111. The fourth-order valence-electron chi connectivity index (χ4n) is 4.96. The molecule has 0 N–H and O–H groups in total. The first-order valence-corrected chi connectivity index (χ1v) is 16.1. The van der Waals surface area contributed by atoms with Crippen LogP contribution in [0.15, 0.2) is 82.9 Å². The van der Waals surface area contributed by atoms with Crippen LogP contribution >= 0.6 is 46.4 Å². The van der Waals surface area contributed by atoms with E-state index < -0.39 is 11.6 Å². The van der Waals surface area contributed by atoms with Crippen LogP contribution in [0, 0.1) is 36.5 Å². The van der Waals surface area contributed by atoms with Crippen LogP contribution < -0.4 is 4.74 Å². The summed E-state index contributed by atoms with van der Waals surface area (Å²) in [6.45, 7) is 7.46. The van der Waals surface area contributed by atoms with Crippen molar-refractivity contribution in [1.82, 2.24) is 0 Å². The van der Waals surface area contributed by atoms with E-state index in [9.17, 15) is 20.1 Å². The van der Waals surface area contributed by atoms with Gasteiger partial charge in [-0.2, -0.15) is 10.5 Å². The Balaban J connectivity index is 1.55. The smallest absolute Gasteiger partial charge is 0.205 e. The number of halogens is 4. The van der Waals surface area contributed by atoms with Crippen molar-refractivity contribution in [3.63, 3.8) is 0 Å². The third-order valence-corrected chi connectivity index (χ3v) is 9.28. The highest BCUT2D eigenvalue weighted by Gasteiger charge is 2.21. The molecule has 0 aromatic heterocycles. The summed E-state index contributed by atoms with van der Waals surface area (Å²) >= 11 is 26.1. The van der Waals surface area contributed by atoms with Crippen molar-refractivity contribution in [3.8, 4) is 23.6 Å². The van der Waals surface area contributed by atoms with Gasteiger partial charge in [0, 0.05) is 11.1 Å². The van der Waals surface area contributed by atoms with Gasteiger partial charge in [-0.15, -0.1) is 0 Å². The fourth-order valence-corrected chi connectivity index (χ4v) is 5.92. The van der Waals surface area contributed by atoms with Crippen LogP contribution in [0.1, 0.15) is 79.1 Å². The molecular formula is C38H28Cl4N2O3. The summed E-state index contributed by atoms with van der Waals surface area (Å²) in [4.78, 5) is 26.6. The molecule has 9 heteroatoms. The normalized spacial score (nSPS) is 12.0. The van der Waals surface area contributed by atoms with Crippen LogP contribution in [-0.2, 0) is 12.8 Å². The maximum Gasteiger partial charge on any atom is 0.205 e. The van der Waals surface area contributed by atoms with E-state index in [4.69, 9.17) is 51.1 Å². The van der Waals surface area contributed by atoms with Crippen LogP contribution in [0.3, 0.4) is 0 Å². The SMILES string of the molecule is CCc1cc(C#N)ccc1/C(Cl)=C(\Cl)C(=O)c1ccc(Oc2ccc(C(=O)/C(Cl)=C(\Cl)c3ccc(C#N)cc3CC)cc2C)c(C)c1. The second-order valence-corrected chi connectivity index (χ2v) is 12.2. The van der Waals surface area contributed by atoms with E-state index in [0.29, 0.717) is 68.8 Å². The van der Waals surface area contributed by atoms with E-state index in [0.717, 1.165) is 11.1 Å². The summed E-state index contributed by atoms with van der Waals surface area (Å²) < 4.78 is 6.15. The van der Waals surface area contributed by atoms with Crippen molar-refractivity contribution in [2.45, 2.75) is 40.5 Å². The quantitative estimate of drug-likeness (QED) is 0.121. The number of allylic oxidation sites excluding steroid dienone is 2. The minimum atomic E-state index is -0.451. The Bertz CT molecular complexity index is 1920. The molecule has 0 bridgehead atoms. The van der Waals surface area contributed by atoms with Gasteiger partial charge in [0.15, 0.2) is 0 Å². The molecule has 236 valence electrons. The molecule has 47 heavy (non-hydrogen) atoms. The maximum absolute atomic E-state index is 13.3. The first-order chi connectivity index (χ1) is 22.4. The average molecular weight is 702 g/mol. The molecule has 0 unspecified atom stereocenters. The highest BCUT2D eigenvalue weighted by Crippen LogP contribution is 2.35. The lowest BCUT2D eigenvalue weighted by atomic mass is 10.00. The number of rotatable bonds is 10. The van der Waals surface area contributed by atoms with Gasteiger partial charge >= 0.3 is 0 Å². The van der Waals surface area contributed by atoms with Gasteiger partial charge in [0.2, 0.25) is 11.6 Å². The number of carbonyl (C=O) groups is 2. The zero-order valence-electron chi connectivity index (χ0n) is 26.0. The van der Waals surface area contributed by atoms with Crippen molar-refractivity contribution < 1.29 is 14.3 Å². The molecular weight excluding hydrogens is 674 g/mol. The number of Topliss-reactive ketones (excluding diaryl/α,β-unsaturated/α-hetero) is 2. The molecule has 0 radical (unpaired) electrons. The first-order valence-electron chi connectivity index (χ1n) is 14.6. The van der Waals surface area contributed by atoms with Gasteiger partial charge in [-0.05, 0) is 121 Å². The predicted molar refractivity (Wildman–Crippen MR) is 189 cm³/mol. The van der Waals surface area contributed by atoms with E-state index in [1.165, 1.54) is 0 Å². The van der Waals surface area contributed by atoms with Crippen LogP contribution in [0.4, 0.5) is 0 Å². The molecule has 0 atom stereocenters. The Labute approximate surface area is 294 Å². The number of benzene rings is 4. The predicted octanol–water partition coefficient (Wildman–Crippen LogP) is 11.0. The first kappa shape index (κ1) is 35.5. The van der Waals surface area contributed by atoms with E-state index >= 15 is 0 Å². The molecule has 4 aromatic rings. The second-order valence-electron chi connectivity index (χ2n) is 10.7. The number of carbonyl (C=O) groups excluding carboxylic acids is 2. The summed E-state index contributed by atoms with van der Waals surface area (Å²) in [5, 5.41) is 18.4. The number of ether oxygens (including phenoxy) is 1. The molecule has 0 aliphatic rings. The van der Waals surface area contributed by atoms with Crippen LogP contribution in [-0.4, -0.2) is 11.6 Å². The third kappa shape index (κ3) is 7.79. The lowest BCUT2D eigenvalue weighted by Crippen LogP contribution is -2.04. The number of hydrogen-bond acceptors (Lipinski definition) is 5. The van der Waals surface area contributed by atoms with Gasteiger partial charge in [-0.3, -0.25) is 9.59 Å². The Hall–Kier alpha value is -4.36. The molecule has 4 aromatic carbocycles. The van der Waals surface area contributed by atoms with Crippen LogP contribution in [0.5, 0.6) is 11.5 Å². The largest absolute Gasteiger partial charge is 0.457 e. The molecule has 0 spiro atoms. The standard InChI is InChI=1S/C38H28Cl4N2O3/c1-5-25-17-23(19-43)7-11-29(25)33(39)35(41)37(45)27-9-13-31(21(3)15-27)47-32-14-10-28(16-22(32)4)38(46)36(42)34(40)30-12-8-24(20-44)18-26(30)6-2/h7-18H,5-6H2,1-4H3/b35-33+,36-34+. The topological polar surface area (TPSA) is 90.9 Å². The average Bonchev–Trinajstić information content (AvgIpc) is 3.10.